The smallest absolute Gasteiger partial charge is 0.221 e. The van der Waals surface area contributed by atoms with Gasteiger partial charge in [0.2, 0.25) is 5.91 Å². The molecule has 0 spiro atoms. The van der Waals surface area contributed by atoms with Gasteiger partial charge >= 0.3 is 0 Å². The van der Waals surface area contributed by atoms with Crippen LogP contribution in [0.2, 0.25) is 0 Å². The van der Waals surface area contributed by atoms with E-state index < -0.39 is 0 Å². The molecule has 1 aromatic rings. The Hall–Kier alpha value is -1.62. The number of anilines is 1. The van der Waals surface area contributed by atoms with Crippen LogP contribution in [0.4, 0.5) is 5.69 Å². The number of rotatable bonds is 2. The van der Waals surface area contributed by atoms with E-state index in [0.717, 1.165) is 12.1 Å². The van der Waals surface area contributed by atoms with Crippen molar-refractivity contribution >= 4 is 28.9 Å². The highest BCUT2D eigenvalue weighted by atomic mass is 32.1. The van der Waals surface area contributed by atoms with Crippen LogP contribution in [0.5, 0.6) is 0 Å². The number of nitrogens with one attached hydrogen (secondary N) is 3. The summed E-state index contributed by atoms with van der Waals surface area (Å²) in [5.74, 6) is 0.0695. The molecule has 0 radical (unpaired) electrons. The molecule has 0 bridgehead atoms. The van der Waals surface area contributed by atoms with E-state index >= 15 is 0 Å². The van der Waals surface area contributed by atoms with Crippen molar-refractivity contribution in [1.82, 2.24) is 10.6 Å². The van der Waals surface area contributed by atoms with Crippen LogP contribution in [0.3, 0.4) is 0 Å². The van der Waals surface area contributed by atoms with Crippen molar-refractivity contribution in [2.45, 2.75) is 19.0 Å². The van der Waals surface area contributed by atoms with Gasteiger partial charge in [0.15, 0.2) is 5.11 Å². The number of hydrogen-bond acceptors (Lipinski definition) is 2. The molecular weight excluding hydrogens is 222 g/mol. The molecule has 1 fully saturated rings. The summed E-state index contributed by atoms with van der Waals surface area (Å²) >= 11 is 5.14. The Morgan fingerprint density at radius 3 is 2.75 bits per heavy atom. The monoisotopic (exact) mass is 235 g/mol. The number of hydrogen-bond donors (Lipinski definition) is 3. The molecule has 1 atom stereocenters. The number of amides is 1. The average molecular weight is 235 g/mol. The Balaban J connectivity index is 1.83. The summed E-state index contributed by atoms with van der Waals surface area (Å²) in [6.07, 6.45) is 1.29. The third kappa shape index (κ3) is 2.93. The van der Waals surface area contributed by atoms with Crippen LogP contribution in [0.1, 0.15) is 12.8 Å². The first-order valence-corrected chi connectivity index (χ1v) is 5.57. The van der Waals surface area contributed by atoms with Crippen molar-refractivity contribution in [3.63, 3.8) is 0 Å². The Kier molecular flexibility index (Phi) is 3.36. The van der Waals surface area contributed by atoms with Gasteiger partial charge in [0.05, 0.1) is 0 Å². The summed E-state index contributed by atoms with van der Waals surface area (Å²) < 4.78 is 0. The molecule has 1 amide bonds. The predicted octanol–water partition coefficient (Wildman–Crippen LogP) is 1.21. The van der Waals surface area contributed by atoms with Crippen molar-refractivity contribution in [3.8, 4) is 0 Å². The summed E-state index contributed by atoms with van der Waals surface area (Å²) in [6, 6.07) is 9.67. The van der Waals surface area contributed by atoms with Gasteiger partial charge in [-0.2, -0.15) is 0 Å². The molecule has 0 saturated carbocycles. The van der Waals surface area contributed by atoms with Crippen LogP contribution in [-0.2, 0) is 4.79 Å². The fourth-order valence-corrected chi connectivity index (χ4v) is 1.83. The van der Waals surface area contributed by atoms with Crippen molar-refractivity contribution in [2.75, 3.05) is 5.32 Å². The number of carbonyl (C=O) groups excluding carboxylic acids is 1. The Labute approximate surface area is 99.4 Å². The average Bonchev–Trinajstić information content (AvgIpc) is 2.65. The Morgan fingerprint density at radius 1 is 1.38 bits per heavy atom. The summed E-state index contributed by atoms with van der Waals surface area (Å²) in [4.78, 5) is 11.0. The molecule has 4 nitrogen and oxygen atoms in total. The van der Waals surface area contributed by atoms with E-state index in [2.05, 4.69) is 16.0 Å². The molecule has 84 valence electrons. The lowest BCUT2D eigenvalue weighted by Crippen LogP contribution is -2.44. The SMILES string of the molecule is O=C1CCC(NC(=S)Nc2ccccc2)N1. The fourth-order valence-electron chi connectivity index (χ4n) is 1.57. The lowest BCUT2D eigenvalue weighted by molar-refractivity contribution is -0.119. The normalized spacial score (nSPS) is 19.0. The van der Waals surface area contributed by atoms with Crippen LogP contribution < -0.4 is 16.0 Å². The second kappa shape index (κ2) is 4.94. The quantitative estimate of drug-likeness (QED) is 0.674. The highest BCUT2D eigenvalue weighted by Gasteiger charge is 2.20. The van der Waals surface area contributed by atoms with E-state index in [1.165, 1.54) is 0 Å². The van der Waals surface area contributed by atoms with Gasteiger partial charge in [-0.3, -0.25) is 4.79 Å². The third-order valence-corrected chi connectivity index (χ3v) is 2.55. The van der Waals surface area contributed by atoms with E-state index in [1.54, 1.807) is 0 Å². The van der Waals surface area contributed by atoms with Crippen LogP contribution in [0.15, 0.2) is 30.3 Å². The summed E-state index contributed by atoms with van der Waals surface area (Å²) in [5, 5.41) is 9.42. The molecule has 1 saturated heterocycles. The molecule has 1 aromatic carbocycles. The molecule has 1 aliphatic rings. The maximum atomic E-state index is 11.0. The molecule has 1 aliphatic heterocycles. The van der Waals surface area contributed by atoms with Gasteiger partial charge in [-0.05, 0) is 30.8 Å². The topological polar surface area (TPSA) is 53.2 Å². The third-order valence-electron chi connectivity index (χ3n) is 2.33. The molecule has 2 rings (SSSR count). The lowest BCUT2D eigenvalue weighted by atomic mass is 10.3. The minimum absolute atomic E-state index is 0.0452. The minimum atomic E-state index is -0.0452. The van der Waals surface area contributed by atoms with Gasteiger partial charge in [0.25, 0.3) is 0 Å². The summed E-state index contributed by atoms with van der Waals surface area (Å²) in [6.45, 7) is 0. The van der Waals surface area contributed by atoms with Gasteiger partial charge < -0.3 is 16.0 Å². The zero-order valence-corrected chi connectivity index (χ0v) is 9.51. The van der Waals surface area contributed by atoms with Crippen molar-refractivity contribution < 1.29 is 4.79 Å². The highest BCUT2D eigenvalue weighted by molar-refractivity contribution is 7.80. The molecule has 1 unspecified atom stereocenters. The second-order valence-corrected chi connectivity index (χ2v) is 4.03. The minimum Gasteiger partial charge on any atom is -0.342 e. The first-order valence-electron chi connectivity index (χ1n) is 5.16. The zero-order valence-electron chi connectivity index (χ0n) is 8.69. The zero-order chi connectivity index (χ0) is 11.4. The first-order chi connectivity index (χ1) is 7.74. The summed E-state index contributed by atoms with van der Waals surface area (Å²) in [7, 11) is 0. The van der Waals surface area contributed by atoms with Crippen molar-refractivity contribution in [2.24, 2.45) is 0 Å². The number of benzene rings is 1. The van der Waals surface area contributed by atoms with E-state index in [9.17, 15) is 4.79 Å². The molecule has 5 heteroatoms. The molecule has 3 N–H and O–H groups in total. The van der Waals surface area contributed by atoms with Gasteiger partial charge in [0.1, 0.15) is 6.17 Å². The molecule has 1 heterocycles. The number of para-hydroxylation sites is 1. The van der Waals surface area contributed by atoms with Crippen LogP contribution in [-0.4, -0.2) is 17.2 Å². The van der Waals surface area contributed by atoms with E-state index in [1.807, 2.05) is 30.3 Å². The number of carbonyl (C=O) groups is 1. The highest BCUT2D eigenvalue weighted by Crippen LogP contribution is 2.06. The van der Waals surface area contributed by atoms with Crippen LogP contribution >= 0.6 is 12.2 Å². The Bertz CT molecular complexity index is 393. The van der Waals surface area contributed by atoms with Crippen LogP contribution in [0.25, 0.3) is 0 Å². The van der Waals surface area contributed by atoms with Gasteiger partial charge in [-0.25, -0.2) is 0 Å². The molecular formula is C11H13N3OS. The maximum absolute atomic E-state index is 11.0. The van der Waals surface area contributed by atoms with Gasteiger partial charge in [-0.15, -0.1) is 0 Å². The lowest BCUT2D eigenvalue weighted by Gasteiger charge is -2.15. The Morgan fingerprint density at radius 2 is 2.12 bits per heavy atom. The predicted molar refractivity (Wildman–Crippen MR) is 67.0 cm³/mol. The van der Waals surface area contributed by atoms with E-state index in [-0.39, 0.29) is 12.1 Å². The molecule has 16 heavy (non-hydrogen) atoms. The number of thiocarbonyl (C=S) groups is 1. The van der Waals surface area contributed by atoms with Crippen LogP contribution in [0, 0.1) is 0 Å². The summed E-state index contributed by atoms with van der Waals surface area (Å²) in [5.41, 5.74) is 0.935. The molecule has 0 aliphatic carbocycles. The van der Waals surface area contributed by atoms with E-state index in [4.69, 9.17) is 12.2 Å². The van der Waals surface area contributed by atoms with Crippen molar-refractivity contribution in [3.05, 3.63) is 30.3 Å². The standard InChI is InChI=1S/C11H13N3OS/c15-10-7-6-9(13-10)14-11(16)12-8-4-2-1-3-5-8/h1-5,9H,6-7H2,(H,13,15)(H2,12,14,16). The molecule has 0 aromatic heterocycles. The largest absolute Gasteiger partial charge is 0.342 e. The van der Waals surface area contributed by atoms with Crippen molar-refractivity contribution in [1.29, 1.82) is 0 Å². The van der Waals surface area contributed by atoms with Gasteiger partial charge in [-0.1, -0.05) is 18.2 Å². The maximum Gasteiger partial charge on any atom is 0.221 e. The fraction of sp³-hybridized carbons (Fsp3) is 0.273. The van der Waals surface area contributed by atoms with E-state index in [0.29, 0.717) is 11.5 Å². The second-order valence-electron chi connectivity index (χ2n) is 3.62. The first kappa shape index (κ1) is 10.9. The van der Waals surface area contributed by atoms with Gasteiger partial charge in [0, 0.05) is 12.1 Å².